The Morgan fingerprint density at radius 3 is 2.48 bits per heavy atom. The summed E-state index contributed by atoms with van der Waals surface area (Å²) >= 11 is 1.58. The van der Waals surface area contributed by atoms with Crippen LogP contribution in [0.4, 0.5) is 0 Å². The smallest absolute Gasteiger partial charge is 0.265 e. The fourth-order valence-electron chi connectivity index (χ4n) is 3.90. The molecule has 0 amide bonds. The molecule has 0 fully saturated rings. The first-order valence-electron chi connectivity index (χ1n) is 10.6. The SMILES string of the molecule is O=c1c2c3nc4ccccc4nc3n(N=Cc3cccs3)c2ncn1CCc1ccccc1. The molecule has 33 heavy (non-hydrogen) atoms. The molecule has 7 nitrogen and oxygen atoms in total. The molecule has 0 aliphatic carbocycles. The highest BCUT2D eigenvalue weighted by molar-refractivity contribution is 7.11. The third-order valence-electron chi connectivity index (χ3n) is 5.54. The van der Waals surface area contributed by atoms with Crippen molar-refractivity contribution < 1.29 is 0 Å². The maximum atomic E-state index is 13.5. The van der Waals surface area contributed by atoms with Gasteiger partial charge in [0.25, 0.3) is 5.56 Å². The van der Waals surface area contributed by atoms with E-state index in [0.717, 1.165) is 22.3 Å². The topological polar surface area (TPSA) is 78.0 Å². The number of nitrogens with zero attached hydrogens (tertiary/aromatic N) is 6. The van der Waals surface area contributed by atoms with Gasteiger partial charge in [0, 0.05) is 11.4 Å². The number of hydrogen-bond donors (Lipinski definition) is 0. The Kier molecular flexibility index (Phi) is 4.77. The van der Waals surface area contributed by atoms with Crippen molar-refractivity contribution in [3.05, 3.63) is 99.2 Å². The highest BCUT2D eigenvalue weighted by Crippen LogP contribution is 2.25. The third kappa shape index (κ3) is 3.50. The van der Waals surface area contributed by atoms with E-state index in [1.54, 1.807) is 33.1 Å². The maximum Gasteiger partial charge on any atom is 0.265 e. The second kappa shape index (κ2) is 8.07. The van der Waals surface area contributed by atoms with Crippen molar-refractivity contribution in [3.63, 3.8) is 0 Å². The Balaban J connectivity index is 1.55. The molecular weight excluding hydrogens is 432 g/mol. The molecule has 0 aliphatic heterocycles. The first kappa shape index (κ1) is 19.5. The van der Waals surface area contributed by atoms with Crippen molar-refractivity contribution in [1.82, 2.24) is 24.2 Å². The summed E-state index contributed by atoms with van der Waals surface area (Å²) in [5, 5.41) is 7.05. The van der Waals surface area contributed by atoms with Crippen molar-refractivity contribution in [3.8, 4) is 0 Å². The lowest BCUT2D eigenvalue weighted by molar-refractivity contribution is 0.661. The van der Waals surface area contributed by atoms with Gasteiger partial charge in [0.15, 0.2) is 11.3 Å². The van der Waals surface area contributed by atoms with Gasteiger partial charge < -0.3 is 0 Å². The summed E-state index contributed by atoms with van der Waals surface area (Å²) in [6.45, 7) is 0.526. The zero-order valence-corrected chi connectivity index (χ0v) is 18.3. The van der Waals surface area contributed by atoms with E-state index in [2.05, 4.69) is 22.2 Å². The summed E-state index contributed by atoms with van der Waals surface area (Å²) < 4.78 is 3.26. The van der Waals surface area contributed by atoms with Gasteiger partial charge >= 0.3 is 0 Å². The van der Waals surface area contributed by atoms with E-state index < -0.39 is 0 Å². The van der Waals surface area contributed by atoms with E-state index in [1.165, 1.54) is 5.56 Å². The standard InChI is InChI=1S/C25H18N6OS/c32-25-21-22-24(29-20-11-5-4-10-19(20)28-22)31(27-15-18-9-6-14-33-18)23(21)26-16-30(25)13-12-17-7-2-1-3-8-17/h1-11,14-16H,12-13H2. The van der Waals surface area contributed by atoms with E-state index in [1.807, 2.05) is 60.0 Å². The van der Waals surface area contributed by atoms with E-state index in [9.17, 15) is 4.79 Å². The molecule has 0 N–H and O–H groups in total. The van der Waals surface area contributed by atoms with Crippen molar-refractivity contribution >= 4 is 50.8 Å². The van der Waals surface area contributed by atoms with Crippen molar-refractivity contribution in [2.24, 2.45) is 5.10 Å². The summed E-state index contributed by atoms with van der Waals surface area (Å²) in [6.07, 6.45) is 4.07. The first-order chi connectivity index (χ1) is 16.3. The summed E-state index contributed by atoms with van der Waals surface area (Å²) in [7, 11) is 0. The van der Waals surface area contributed by atoms with Gasteiger partial charge in [0.2, 0.25) is 0 Å². The fraction of sp³-hybridized carbons (Fsp3) is 0.0800. The quantitative estimate of drug-likeness (QED) is 0.363. The van der Waals surface area contributed by atoms with Crippen LogP contribution in [0.5, 0.6) is 0 Å². The lowest BCUT2D eigenvalue weighted by Gasteiger charge is -2.05. The average molecular weight is 451 g/mol. The van der Waals surface area contributed by atoms with Crippen molar-refractivity contribution in [1.29, 1.82) is 0 Å². The van der Waals surface area contributed by atoms with Gasteiger partial charge in [0.1, 0.15) is 10.9 Å². The highest BCUT2D eigenvalue weighted by Gasteiger charge is 2.19. The van der Waals surface area contributed by atoms with Gasteiger partial charge in [-0.05, 0) is 35.6 Å². The van der Waals surface area contributed by atoms with Gasteiger partial charge in [-0.15, -0.1) is 11.3 Å². The van der Waals surface area contributed by atoms with Crippen molar-refractivity contribution in [2.75, 3.05) is 0 Å². The Labute approximate surface area is 192 Å². The van der Waals surface area contributed by atoms with E-state index in [-0.39, 0.29) is 5.56 Å². The zero-order chi connectivity index (χ0) is 22.2. The van der Waals surface area contributed by atoms with Crippen LogP contribution < -0.4 is 5.56 Å². The number of para-hydroxylation sites is 2. The molecule has 0 radical (unpaired) electrons. The minimum absolute atomic E-state index is 0.143. The van der Waals surface area contributed by atoms with Crippen LogP contribution in [-0.4, -0.2) is 30.4 Å². The Hall–Kier alpha value is -4.17. The summed E-state index contributed by atoms with van der Waals surface area (Å²) in [6, 6.07) is 21.7. The lowest BCUT2D eigenvalue weighted by atomic mass is 10.1. The van der Waals surface area contributed by atoms with Crippen LogP contribution in [0, 0.1) is 0 Å². The number of rotatable bonds is 5. The lowest BCUT2D eigenvalue weighted by Crippen LogP contribution is -2.21. The van der Waals surface area contributed by atoms with Gasteiger partial charge in [-0.1, -0.05) is 48.5 Å². The fourth-order valence-corrected chi connectivity index (χ4v) is 4.48. The predicted molar refractivity (Wildman–Crippen MR) is 132 cm³/mol. The van der Waals surface area contributed by atoms with Gasteiger partial charge in [-0.2, -0.15) is 9.78 Å². The van der Waals surface area contributed by atoms with Crippen LogP contribution in [0.3, 0.4) is 0 Å². The number of aromatic nitrogens is 5. The van der Waals surface area contributed by atoms with Crippen molar-refractivity contribution in [2.45, 2.75) is 13.0 Å². The molecule has 6 rings (SSSR count). The zero-order valence-electron chi connectivity index (χ0n) is 17.5. The van der Waals surface area contributed by atoms with Gasteiger partial charge in [-0.3, -0.25) is 9.36 Å². The van der Waals surface area contributed by atoms with Crippen LogP contribution in [0.1, 0.15) is 10.4 Å². The molecule has 8 heteroatoms. The Bertz CT molecular complexity index is 1680. The summed E-state index contributed by atoms with van der Waals surface area (Å²) in [5.74, 6) is 0. The minimum atomic E-state index is -0.143. The molecule has 4 aromatic heterocycles. The normalized spacial score (nSPS) is 11.9. The third-order valence-corrected chi connectivity index (χ3v) is 6.34. The summed E-state index contributed by atoms with van der Waals surface area (Å²) in [5.41, 5.74) is 3.97. The molecule has 0 unspecified atom stereocenters. The number of benzene rings is 2. The monoisotopic (exact) mass is 450 g/mol. The average Bonchev–Trinajstić information content (AvgIpc) is 3.48. The molecule has 0 aliphatic rings. The molecule has 0 spiro atoms. The number of fused-ring (bicyclic) bond motifs is 4. The van der Waals surface area contributed by atoms with Gasteiger partial charge in [0.05, 0.1) is 23.6 Å². The molecule has 0 bridgehead atoms. The highest BCUT2D eigenvalue weighted by atomic mass is 32.1. The van der Waals surface area contributed by atoms with Crippen LogP contribution in [-0.2, 0) is 13.0 Å². The molecular formula is C25H18N6OS. The van der Waals surface area contributed by atoms with Crippen LogP contribution >= 0.6 is 11.3 Å². The molecule has 0 saturated heterocycles. The minimum Gasteiger partial charge on any atom is -0.298 e. The summed E-state index contributed by atoms with van der Waals surface area (Å²) in [4.78, 5) is 28.7. The first-order valence-corrected chi connectivity index (χ1v) is 11.4. The molecule has 2 aromatic carbocycles. The van der Waals surface area contributed by atoms with E-state index in [0.29, 0.717) is 28.7 Å². The molecule has 4 heterocycles. The number of aryl methyl sites for hydroxylation is 2. The van der Waals surface area contributed by atoms with E-state index >= 15 is 0 Å². The Morgan fingerprint density at radius 2 is 1.70 bits per heavy atom. The number of hydrogen-bond acceptors (Lipinski definition) is 6. The van der Waals surface area contributed by atoms with Crippen LogP contribution in [0.15, 0.2) is 88.3 Å². The largest absolute Gasteiger partial charge is 0.298 e. The number of thiophene rings is 1. The predicted octanol–water partition coefficient (Wildman–Crippen LogP) is 4.48. The Morgan fingerprint density at radius 1 is 0.909 bits per heavy atom. The van der Waals surface area contributed by atoms with Gasteiger partial charge in [-0.25, -0.2) is 15.0 Å². The second-order valence-corrected chi connectivity index (χ2v) is 8.61. The van der Waals surface area contributed by atoms with Crippen LogP contribution in [0.2, 0.25) is 0 Å². The second-order valence-electron chi connectivity index (χ2n) is 7.63. The van der Waals surface area contributed by atoms with E-state index in [4.69, 9.17) is 9.97 Å². The molecule has 0 atom stereocenters. The molecule has 6 aromatic rings. The van der Waals surface area contributed by atoms with Crippen LogP contribution in [0.25, 0.3) is 33.2 Å². The molecule has 0 saturated carbocycles. The maximum absolute atomic E-state index is 13.5. The molecule has 160 valence electrons.